The molecule has 0 bridgehead atoms. The monoisotopic (exact) mass is 267 g/mol. The molecule has 5 nitrogen and oxygen atoms in total. The van der Waals surface area contributed by atoms with E-state index in [9.17, 15) is 14.4 Å². The molecule has 2 N–H and O–H groups in total. The zero-order chi connectivity index (χ0) is 14.3. The zero-order valence-corrected chi connectivity index (χ0v) is 10.3. The van der Waals surface area contributed by atoms with E-state index in [4.69, 9.17) is 10.5 Å². The van der Waals surface area contributed by atoms with Gasteiger partial charge in [-0.3, -0.25) is 14.4 Å². The van der Waals surface area contributed by atoms with Gasteiger partial charge < -0.3 is 10.5 Å². The summed E-state index contributed by atoms with van der Waals surface area (Å²) in [5.41, 5.74) is 6.82. The Kier molecular flexibility index (Phi) is 2.61. The van der Waals surface area contributed by atoms with Crippen molar-refractivity contribution in [2.24, 2.45) is 0 Å². The van der Waals surface area contributed by atoms with E-state index in [1.54, 1.807) is 24.3 Å². The number of nitrogen functional groups attached to an aromatic ring is 1. The van der Waals surface area contributed by atoms with Gasteiger partial charge in [0.1, 0.15) is 0 Å². The van der Waals surface area contributed by atoms with Gasteiger partial charge in [0.2, 0.25) is 0 Å². The fraction of sp³-hybridized carbons (Fsp3) is 0. The third kappa shape index (κ3) is 1.53. The third-order valence-electron chi connectivity index (χ3n) is 3.27. The molecule has 1 aliphatic rings. The third-order valence-corrected chi connectivity index (χ3v) is 3.27. The van der Waals surface area contributed by atoms with Crippen LogP contribution in [0.1, 0.15) is 31.8 Å². The van der Waals surface area contributed by atoms with Gasteiger partial charge in [0.05, 0.1) is 11.3 Å². The molecule has 0 radical (unpaired) electrons. The molecule has 5 heteroatoms. The van der Waals surface area contributed by atoms with Gasteiger partial charge in [0.15, 0.2) is 17.3 Å². The second-order valence-corrected chi connectivity index (χ2v) is 4.32. The van der Waals surface area contributed by atoms with Gasteiger partial charge in [-0.1, -0.05) is 24.3 Å². The zero-order valence-electron chi connectivity index (χ0n) is 10.3. The van der Waals surface area contributed by atoms with Gasteiger partial charge in [0, 0.05) is 16.7 Å². The molecule has 0 atom stereocenters. The summed E-state index contributed by atoms with van der Waals surface area (Å²) in [6.07, 6.45) is 0. The van der Waals surface area contributed by atoms with Gasteiger partial charge in [0.25, 0.3) is 6.47 Å². The molecule has 0 spiro atoms. The summed E-state index contributed by atoms with van der Waals surface area (Å²) < 4.78 is 4.71. The lowest BCUT2D eigenvalue weighted by Gasteiger charge is -2.19. The highest BCUT2D eigenvalue weighted by Gasteiger charge is 2.32. The Balaban J connectivity index is 2.28. The minimum atomic E-state index is -0.343. The Hall–Kier alpha value is -2.95. The Morgan fingerprint density at radius 1 is 0.900 bits per heavy atom. The summed E-state index contributed by atoms with van der Waals surface area (Å²) in [6, 6.07) is 9.40. The van der Waals surface area contributed by atoms with Crippen LogP contribution in [0.15, 0.2) is 36.4 Å². The molecular formula is C15H9NO4. The lowest BCUT2D eigenvalue weighted by molar-refractivity contribution is -0.120. The highest BCUT2D eigenvalue weighted by atomic mass is 16.5. The summed E-state index contributed by atoms with van der Waals surface area (Å²) in [6.45, 7) is 0.223. The predicted octanol–water partition coefficient (Wildman–Crippen LogP) is 1.58. The summed E-state index contributed by atoms with van der Waals surface area (Å²) in [5.74, 6) is -0.539. The largest absolute Gasteiger partial charge is 0.427 e. The van der Waals surface area contributed by atoms with E-state index < -0.39 is 0 Å². The smallest absolute Gasteiger partial charge is 0.298 e. The van der Waals surface area contributed by atoms with Crippen molar-refractivity contribution in [2.75, 3.05) is 5.73 Å². The van der Waals surface area contributed by atoms with Crippen LogP contribution in [-0.2, 0) is 4.79 Å². The van der Waals surface area contributed by atoms with Crippen molar-refractivity contribution in [3.63, 3.8) is 0 Å². The van der Waals surface area contributed by atoms with E-state index in [1.165, 1.54) is 12.1 Å². The van der Waals surface area contributed by atoms with Crippen LogP contribution in [0, 0.1) is 0 Å². The second kappa shape index (κ2) is 4.31. The average Bonchev–Trinajstić information content (AvgIpc) is 2.47. The second-order valence-electron chi connectivity index (χ2n) is 4.32. The van der Waals surface area contributed by atoms with Crippen molar-refractivity contribution < 1.29 is 19.1 Å². The van der Waals surface area contributed by atoms with E-state index in [0.717, 1.165) is 0 Å². The molecule has 0 saturated carbocycles. The molecule has 1 aliphatic carbocycles. The molecule has 0 aromatic heterocycles. The number of nitrogens with two attached hydrogens (primary N) is 1. The standard InChI is InChI=1S/C15H9NO4/c16-13-11(20-7-17)6-5-10-12(13)15(19)9-4-2-1-3-8(9)14(10)18/h1-7H,16H2. The molecular weight excluding hydrogens is 258 g/mol. The molecule has 2 aromatic rings. The summed E-state index contributed by atoms with van der Waals surface area (Å²) in [4.78, 5) is 35.2. The van der Waals surface area contributed by atoms with Gasteiger partial charge in [-0.2, -0.15) is 0 Å². The van der Waals surface area contributed by atoms with E-state index in [1.807, 2.05) is 0 Å². The van der Waals surface area contributed by atoms with Crippen LogP contribution >= 0.6 is 0 Å². The molecule has 0 fully saturated rings. The van der Waals surface area contributed by atoms with Crippen LogP contribution in [0.5, 0.6) is 5.75 Å². The van der Waals surface area contributed by atoms with Gasteiger partial charge in [-0.05, 0) is 12.1 Å². The molecule has 0 aliphatic heterocycles. The van der Waals surface area contributed by atoms with Crippen molar-refractivity contribution in [1.82, 2.24) is 0 Å². The Morgan fingerprint density at radius 2 is 1.55 bits per heavy atom. The van der Waals surface area contributed by atoms with Crippen molar-refractivity contribution in [3.8, 4) is 5.75 Å². The Bertz CT molecular complexity index is 764. The molecule has 0 unspecified atom stereocenters. The maximum atomic E-state index is 12.5. The van der Waals surface area contributed by atoms with Crippen LogP contribution in [0.3, 0.4) is 0 Å². The van der Waals surface area contributed by atoms with Gasteiger partial charge in [-0.15, -0.1) is 0 Å². The molecule has 2 aromatic carbocycles. The summed E-state index contributed by atoms with van der Waals surface area (Å²) in [7, 11) is 0. The number of carbonyl (C=O) groups is 3. The number of carbonyl (C=O) groups excluding carboxylic acids is 3. The summed E-state index contributed by atoms with van der Waals surface area (Å²) in [5, 5.41) is 0. The Labute approximate surface area is 114 Å². The number of benzene rings is 2. The van der Waals surface area contributed by atoms with Crippen LogP contribution in [0.4, 0.5) is 5.69 Å². The fourth-order valence-electron chi connectivity index (χ4n) is 2.35. The van der Waals surface area contributed by atoms with E-state index in [0.29, 0.717) is 11.1 Å². The minimum Gasteiger partial charge on any atom is -0.427 e. The first kappa shape index (κ1) is 12.1. The highest BCUT2D eigenvalue weighted by molar-refractivity contribution is 6.30. The number of ether oxygens (including phenoxy) is 1. The van der Waals surface area contributed by atoms with Gasteiger partial charge in [-0.25, -0.2) is 0 Å². The molecule has 0 saturated heterocycles. The fourth-order valence-corrected chi connectivity index (χ4v) is 2.35. The lowest BCUT2D eigenvalue weighted by atomic mass is 9.83. The minimum absolute atomic E-state index is 0.00227. The maximum Gasteiger partial charge on any atom is 0.298 e. The predicted molar refractivity (Wildman–Crippen MR) is 70.9 cm³/mol. The normalized spacial score (nSPS) is 12.6. The first-order valence-electron chi connectivity index (χ1n) is 5.86. The topological polar surface area (TPSA) is 86.5 Å². The number of hydrogen-bond acceptors (Lipinski definition) is 5. The van der Waals surface area contributed by atoms with Crippen LogP contribution in [0.25, 0.3) is 0 Å². The SMILES string of the molecule is Nc1c(OC=O)ccc2c1C(=O)c1ccccc1C2=O. The highest BCUT2D eigenvalue weighted by Crippen LogP contribution is 2.35. The molecule has 0 amide bonds. The van der Waals surface area contributed by atoms with Crippen molar-refractivity contribution in [1.29, 1.82) is 0 Å². The van der Waals surface area contributed by atoms with Crippen LogP contribution in [0.2, 0.25) is 0 Å². The molecule has 3 rings (SSSR count). The van der Waals surface area contributed by atoms with Crippen LogP contribution < -0.4 is 10.5 Å². The molecule has 98 valence electrons. The molecule has 0 heterocycles. The van der Waals surface area contributed by atoms with E-state index in [2.05, 4.69) is 0 Å². The van der Waals surface area contributed by atoms with E-state index >= 15 is 0 Å². The number of anilines is 1. The Morgan fingerprint density at radius 3 is 2.20 bits per heavy atom. The number of hydrogen-bond donors (Lipinski definition) is 1. The average molecular weight is 267 g/mol. The quantitative estimate of drug-likeness (QED) is 0.562. The first-order valence-corrected chi connectivity index (χ1v) is 5.86. The number of fused-ring (bicyclic) bond motifs is 2. The first-order chi connectivity index (χ1) is 9.65. The maximum absolute atomic E-state index is 12.5. The van der Waals surface area contributed by atoms with Crippen LogP contribution in [-0.4, -0.2) is 18.0 Å². The van der Waals surface area contributed by atoms with Crippen molar-refractivity contribution in [2.45, 2.75) is 0 Å². The van der Waals surface area contributed by atoms with E-state index in [-0.39, 0.29) is 40.6 Å². The summed E-state index contributed by atoms with van der Waals surface area (Å²) >= 11 is 0. The number of rotatable bonds is 2. The lowest BCUT2D eigenvalue weighted by Crippen LogP contribution is -2.22. The van der Waals surface area contributed by atoms with Crippen molar-refractivity contribution >= 4 is 23.7 Å². The van der Waals surface area contributed by atoms with Gasteiger partial charge >= 0.3 is 0 Å². The molecule has 20 heavy (non-hydrogen) atoms. The van der Waals surface area contributed by atoms with Crippen molar-refractivity contribution in [3.05, 3.63) is 58.7 Å². The number of ketones is 2.